The van der Waals surface area contributed by atoms with Gasteiger partial charge in [0.05, 0.1) is 0 Å². The number of carboxylic acid groups (broad SMARTS) is 1. The van der Waals surface area contributed by atoms with E-state index < -0.39 is 42.6 Å². The molecule has 0 bridgehead atoms. The summed E-state index contributed by atoms with van der Waals surface area (Å²) in [6, 6.07) is 6.78. The molecule has 1 aliphatic heterocycles. The van der Waals surface area contributed by atoms with Gasteiger partial charge >= 0.3 is 18.0 Å². The number of esters is 1. The van der Waals surface area contributed by atoms with E-state index in [0.717, 1.165) is 5.56 Å². The van der Waals surface area contributed by atoms with Crippen molar-refractivity contribution in [1.29, 1.82) is 0 Å². The minimum absolute atomic E-state index is 0.00259. The molecule has 2 unspecified atom stereocenters. The van der Waals surface area contributed by atoms with Crippen LogP contribution in [0, 0.1) is 0 Å². The Bertz CT molecular complexity index is 692. The second-order valence-electron chi connectivity index (χ2n) is 6.09. The topological polar surface area (TPSA) is 122 Å². The van der Waals surface area contributed by atoms with Crippen LogP contribution >= 0.6 is 0 Å². The average molecular weight is 378 g/mol. The number of aliphatic carboxylic acids is 1. The quantitative estimate of drug-likeness (QED) is 0.677. The predicted molar refractivity (Wildman–Crippen MR) is 92.6 cm³/mol. The number of ether oxygens (including phenoxy) is 2. The van der Waals surface area contributed by atoms with Crippen LogP contribution in [-0.2, 0) is 30.5 Å². The van der Waals surface area contributed by atoms with Crippen molar-refractivity contribution in [3.8, 4) is 0 Å². The fraction of sp³-hybridized carbons (Fsp3) is 0.444. The van der Waals surface area contributed by atoms with Gasteiger partial charge in [-0.25, -0.2) is 9.59 Å². The molecule has 27 heavy (non-hydrogen) atoms. The van der Waals surface area contributed by atoms with Gasteiger partial charge in [-0.1, -0.05) is 30.3 Å². The molecule has 1 heterocycles. The van der Waals surface area contributed by atoms with Gasteiger partial charge in [-0.15, -0.1) is 0 Å². The fourth-order valence-electron chi connectivity index (χ4n) is 2.77. The van der Waals surface area contributed by atoms with E-state index in [2.05, 4.69) is 5.32 Å². The lowest BCUT2D eigenvalue weighted by atomic mass is 10.2. The number of likely N-dealkylation sites (tertiary alicyclic amines) is 1. The molecule has 0 aliphatic carbocycles. The van der Waals surface area contributed by atoms with Crippen LogP contribution in [0.1, 0.15) is 25.3 Å². The number of nitrogens with zero attached hydrogens (tertiary/aromatic N) is 1. The predicted octanol–water partition coefficient (Wildman–Crippen LogP) is 0.920. The number of carbonyl (C=O) groups excluding carboxylic acids is 3. The number of alkyl carbamates (subject to hydrolysis) is 1. The van der Waals surface area contributed by atoms with Crippen LogP contribution in [0.25, 0.3) is 0 Å². The molecule has 0 spiro atoms. The number of benzene rings is 1. The maximum absolute atomic E-state index is 12.7. The molecule has 146 valence electrons. The first kappa shape index (κ1) is 20.2. The molecule has 2 amide bonds. The van der Waals surface area contributed by atoms with Crippen LogP contribution in [0.5, 0.6) is 0 Å². The van der Waals surface area contributed by atoms with Gasteiger partial charge < -0.3 is 24.8 Å². The molecule has 9 nitrogen and oxygen atoms in total. The summed E-state index contributed by atoms with van der Waals surface area (Å²) in [5.41, 5.74) is 0.765. The molecule has 0 radical (unpaired) electrons. The molecule has 1 aliphatic rings. The second-order valence-corrected chi connectivity index (χ2v) is 6.09. The molecule has 1 aromatic carbocycles. The molecule has 0 aromatic heterocycles. The van der Waals surface area contributed by atoms with E-state index in [0.29, 0.717) is 12.8 Å². The van der Waals surface area contributed by atoms with E-state index in [1.165, 1.54) is 11.8 Å². The Morgan fingerprint density at radius 2 is 1.93 bits per heavy atom. The Balaban J connectivity index is 1.99. The van der Waals surface area contributed by atoms with Gasteiger partial charge in [0.25, 0.3) is 0 Å². The summed E-state index contributed by atoms with van der Waals surface area (Å²) in [6.45, 7) is 1.03. The van der Waals surface area contributed by atoms with Crippen LogP contribution in [0.3, 0.4) is 0 Å². The molecular formula is C18H22N2O7. The Hall–Kier alpha value is -3.10. The number of carboxylic acids is 1. The number of hydrogen-bond acceptors (Lipinski definition) is 6. The molecule has 1 saturated heterocycles. The number of nitrogens with one attached hydrogen (secondary N) is 1. The summed E-state index contributed by atoms with van der Waals surface area (Å²) in [5.74, 6) is -2.36. The molecular weight excluding hydrogens is 356 g/mol. The van der Waals surface area contributed by atoms with E-state index in [-0.39, 0.29) is 13.2 Å². The summed E-state index contributed by atoms with van der Waals surface area (Å²) in [5, 5.41) is 11.6. The minimum atomic E-state index is -1.22. The number of amides is 2. The van der Waals surface area contributed by atoms with Crippen molar-refractivity contribution in [2.75, 3.05) is 13.2 Å². The highest BCUT2D eigenvalue weighted by molar-refractivity contribution is 5.90. The Morgan fingerprint density at radius 3 is 2.56 bits per heavy atom. The monoisotopic (exact) mass is 378 g/mol. The van der Waals surface area contributed by atoms with Crippen molar-refractivity contribution in [1.82, 2.24) is 10.2 Å². The van der Waals surface area contributed by atoms with Crippen molar-refractivity contribution >= 4 is 23.9 Å². The van der Waals surface area contributed by atoms with Crippen molar-refractivity contribution in [2.45, 2.75) is 38.5 Å². The smallest absolute Gasteiger partial charge is 0.408 e. The molecule has 1 aromatic rings. The molecule has 0 saturated carbocycles. The molecule has 2 rings (SSSR count). The summed E-state index contributed by atoms with van der Waals surface area (Å²) in [4.78, 5) is 48.3. The lowest BCUT2D eigenvalue weighted by Gasteiger charge is -2.26. The summed E-state index contributed by atoms with van der Waals surface area (Å²) in [7, 11) is 0. The SMILES string of the molecule is CC(=O)OCC(NC(=O)OCc1ccccc1)C(=O)N1CCCC1C(=O)O. The molecule has 1 fully saturated rings. The number of rotatable bonds is 7. The highest BCUT2D eigenvalue weighted by atomic mass is 16.6. The highest BCUT2D eigenvalue weighted by Gasteiger charge is 2.38. The van der Waals surface area contributed by atoms with Gasteiger partial charge in [0.2, 0.25) is 5.91 Å². The Morgan fingerprint density at radius 1 is 1.22 bits per heavy atom. The van der Waals surface area contributed by atoms with E-state index >= 15 is 0 Å². The largest absolute Gasteiger partial charge is 0.480 e. The van der Waals surface area contributed by atoms with E-state index in [1.807, 2.05) is 6.07 Å². The zero-order valence-electron chi connectivity index (χ0n) is 14.9. The van der Waals surface area contributed by atoms with Gasteiger partial charge in [0.1, 0.15) is 25.3 Å². The first-order chi connectivity index (χ1) is 12.9. The van der Waals surface area contributed by atoms with Crippen LogP contribution in [0.15, 0.2) is 30.3 Å². The van der Waals surface area contributed by atoms with Crippen LogP contribution in [0.2, 0.25) is 0 Å². The Labute approximate surface area is 156 Å². The third-order valence-electron chi connectivity index (χ3n) is 4.08. The van der Waals surface area contributed by atoms with E-state index in [9.17, 15) is 24.3 Å². The normalized spacial score (nSPS) is 17.1. The second kappa shape index (κ2) is 9.56. The fourth-order valence-corrected chi connectivity index (χ4v) is 2.77. The van der Waals surface area contributed by atoms with Crippen molar-refractivity contribution < 1.29 is 33.8 Å². The third-order valence-corrected chi connectivity index (χ3v) is 4.08. The van der Waals surface area contributed by atoms with Crippen LogP contribution in [0.4, 0.5) is 4.79 Å². The number of carbonyl (C=O) groups is 4. The first-order valence-corrected chi connectivity index (χ1v) is 8.52. The van der Waals surface area contributed by atoms with Crippen LogP contribution < -0.4 is 5.32 Å². The molecule has 2 N–H and O–H groups in total. The van der Waals surface area contributed by atoms with Gasteiger partial charge in [0, 0.05) is 13.5 Å². The first-order valence-electron chi connectivity index (χ1n) is 8.52. The van der Waals surface area contributed by atoms with Gasteiger partial charge in [0.15, 0.2) is 0 Å². The summed E-state index contributed by atoms with van der Waals surface area (Å²) < 4.78 is 9.91. The third kappa shape index (κ3) is 5.98. The van der Waals surface area contributed by atoms with Gasteiger partial charge in [-0.3, -0.25) is 9.59 Å². The lowest BCUT2D eigenvalue weighted by Crippen LogP contribution is -2.53. The summed E-state index contributed by atoms with van der Waals surface area (Å²) in [6.07, 6.45) is 0.0109. The minimum Gasteiger partial charge on any atom is -0.480 e. The van der Waals surface area contributed by atoms with E-state index in [4.69, 9.17) is 9.47 Å². The van der Waals surface area contributed by atoms with Gasteiger partial charge in [-0.2, -0.15) is 0 Å². The highest BCUT2D eigenvalue weighted by Crippen LogP contribution is 2.18. The number of hydrogen-bond donors (Lipinski definition) is 2. The maximum atomic E-state index is 12.7. The zero-order chi connectivity index (χ0) is 19.8. The summed E-state index contributed by atoms with van der Waals surface area (Å²) >= 11 is 0. The maximum Gasteiger partial charge on any atom is 0.408 e. The molecule has 2 atom stereocenters. The average Bonchev–Trinajstić information content (AvgIpc) is 3.13. The van der Waals surface area contributed by atoms with Crippen LogP contribution in [-0.4, -0.2) is 59.2 Å². The Kier molecular flexibility index (Phi) is 7.16. The van der Waals surface area contributed by atoms with Crippen molar-refractivity contribution in [3.05, 3.63) is 35.9 Å². The standard InChI is InChI=1S/C18H22N2O7/c1-12(21)26-11-14(16(22)20-9-5-8-15(20)17(23)24)19-18(25)27-10-13-6-3-2-4-7-13/h2-4,6-7,14-15H,5,8-11H2,1H3,(H,19,25)(H,23,24). The van der Waals surface area contributed by atoms with Gasteiger partial charge in [-0.05, 0) is 18.4 Å². The zero-order valence-corrected chi connectivity index (χ0v) is 14.9. The van der Waals surface area contributed by atoms with Crippen molar-refractivity contribution in [3.63, 3.8) is 0 Å². The molecule has 9 heteroatoms. The van der Waals surface area contributed by atoms with Crippen molar-refractivity contribution in [2.24, 2.45) is 0 Å². The lowest BCUT2D eigenvalue weighted by molar-refractivity contribution is -0.151. The van der Waals surface area contributed by atoms with E-state index in [1.54, 1.807) is 24.3 Å².